The van der Waals surface area contributed by atoms with Crippen molar-refractivity contribution in [2.24, 2.45) is 0 Å². The highest BCUT2D eigenvalue weighted by molar-refractivity contribution is 6.33. The van der Waals surface area contributed by atoms with Gasteiger partial charge in [-0.1, -0.05) is 23.7 Å². The number of carbonyl (C=O) groups excluding carboxylic acids is 2. The van der Waals surface area contributed by atoms with Gasteiger partial charge in [0, 0.05) is 19.5 Å². The smallest absolute Gasteiger partial charge is 0.255 e. The summed E-state index contributed by atoms with van der Waals surface area (Å²) in [6.07, 6.45) is 0.815. The van der Waals surface area contributed by atoms with Gasteiger partial charge < -0.3 is 20.1 Å². The molecule has 8 heteroatoms. The molecule has 0 atom stereocenters. The average molecular weight is 423 g/mol. The Morgan fingerprint density at radius 3 is 2.55 bits per heavy atom. The lowest BCUT2D eigenvalue weighted by Gasteiger charge is -2.11. The zero-order valence-electron chi connectivity index (χ0n) is 16.4. The topological polar surface area (TPSA) is 76.7 Å². The van der Waals surface area contributed by atoms with E-state index in [9.17, 15) is 14.0 Å². The zero-order chi connectivity index (χ0) is 21.2. The molecule has 0 spiro atoms. The summed E-state index contributed by atoms with van der Waals surface area (Å²) in [6.45, 7) is 2.82. The Hall–Kier alpha value is -2.80. The van der Waals surface area contributed by atoms with Crippen LogP contribution in [0.3, 0.4) is 0 Å². The molecule has 0 heterocycles. The van der Waals surface area contributed by atoms with Crippen LogP contribution in [0.4, 0.5) is 4.39 Å². The molecular weight excluding hydrogens is 399 g/mol. The number of methoxy groups -OCH3 is 1. The highest BCUT2D eigenvalue weighted by atomic mass is 35.5. The Labute approximate surface area is 174 Å². The van der Waals surface area contributed by atoms with E-state index in [4.69, 9.17) is 21.1 Å². The third kappa shape index (κ3) is 6.64. The predicted octanol–water partition coefficient (Wildman–Crippen LogP) is 3.37. The van der Waals surface area contributed by atoms with Gasteiger partial charge in [-0.15, -0.1) is 0 Å². The van der Waals surface area contributed by atoms with E-state index in [1.807, 2.05) is 25.1 Å². The molecule has 2 rings (SSSR count). The standard InChI is InChI=1S/C21H24ClFN2O4/c1-3-29-17-9-7-14(13-18(17)28-2)8-10-19(26)24-11-12-25-21(27)20-15(22)5-4-6-16(20)23/h4-7,9,13H,3,8,10-12H2,1-2H3,(H,24,26)(H,25,27). The van der Waals surface area contributed by atoms with E-state index < -0.39 is 11.7 Å². The summed E-state index contributed by atoms with van der Waals surface area (Å²) in [7, 11) is 1.57. The van der Waals surface area contributed by atoms with Crippen molar-refractivity contribution < 1.29 is 23.5 Å². The van der Waals surface area contributed by atoms with Crippen molar-refractivity contribution in [3.8, 4) is 11.5 Å². The second-order valence-corrected chi connectivity index (χ2v) is 6.53. The summed E-state index contributed by atoms with van der Waals surface area (Å²) in [5, 5.41) is 5.29. The number of rotatable bonds is 10. The Morgan fingerprint density at radius 2 is 1.86 bits per heavy atom. The molecule has 156 valence electrons. The Morgan fingerprint density at radius 1 is 1.10 bits per heavy atom. The number of ether oxygens (including phenoxy) is 2. The number of amides is 2. The van der Waals surface area contributed by atoms with Crippen molar-refractivity contribution in [3.63, 3.8) is 0 Å². The van der Waals surface area contributed by atoms with Crippen molar-refractivity contribution in [3.05, 3.63) is 58.4 Å². The van der Waals surface area contributed by atoms with Crippen LogP contribution < -0.4 is 20.1 Å². The van der Waals surface area contributed by atoms with E-state index in [1.165, 1.54) is 18.2 Å². The number of hydrogen-bond acceptors (Lipinski definition) is 4. The first kappa shape index (κ1) is 22.5. The molecule has 0 aliphatic carbocycles. The van der Waals surface area contributed by atoms with Gasteiger partial charge in [0.1, 0.15) is 5.82 Å². The van der Waals surface area contributed by atoms with E-state index in [0.717, 1.165) is 5.56 Å². The van der Waals surface area contributed by atoms with E-state index in [0.29, 0.717) is 24.5 Å². The second kappa shape index (κ2) is 11.3. The predicted molar refractivity (Wildman–Crippen MR) is 109 cm³/mol. The van der Waals surface area contributed by atoms with Crippen LogP contribution in [-0.4, -0.2) is 38.6 Å². The molecule has 2 N–H and O–H groups in total. The van der Waals surface area contributed by atoms with Gasteiger partial charge in [-0.2, -0.15) is 0 Å². The van der Waals surface area contributed by atoms with Crippen LogP contribution in [0.5, 0.6) is 11.5 Å². The lowest BCUT2D eigenvalue weighted by molar-refractivity contribution is -0.121. The van der Waals surface area contributed by atoms with Gasteiger partial charge in [0.25, 0.3) is 5.91 Å². The maximum absolute atomic E-state index is 13.7. The number of benzene rings is 2. The molecule has 6 nitrogen and oxygen atoms in total. The molecule has 2 amide bonds. The summed E-state index contributed by atoms with van der Waals surface area (Å²) in [5.41, 5.74) is 0.743. The summed E-state index contributed by atoms with van der Waals surface area (Å²) < 4.78 is 24.5. The zero-order valence-corrected chi connectivity index (χ0v) is 17.1. The van der Waals surface area contributed by atoms with Crippen molar-refractivity contribution in [2.75, 3.05) is 26.8 Å². The fourth-order valence-electron chi connectivity index (χ4n) is 2.67. The summed E-state index contributed by atoms with van der Waals surface area (Å²) in [4.78, 5) is 24.0. The molecule has 0 bridgehead atoms. The third-order valence-corrected chi connectivity index (χ3v) is 4.41. The van der Waals surface area contributed by atoms with Crippen LogP contribution >= 0.6 is 11.6 Å². The highest BCUT2D eigenvalue weighted by Crippen LogP contribution is 2.28. The molecule has 0 aliphatic heterocycles. The first-order valence-corrected chi connectivity index (χ1v) is 9.62. The fraction of sp³-hybridized carbons (Fsp3) is 0.333. The quantitative estimate of drug-likeness (QED) is 0.575. The molecule has 29 heavy (non-hydrogen) atoms. The summed E-state index contributed by atoms with van der Waals surface area (Å²) in [6, 6.07) is 9.58. The van der Waals surface area contributed by atoms with Gasteiger partial charge in [-0.25, -0.2) is 4.39 Å². The Kier molecular flexibility index (Phi) is 8.73. The molecule has 0 fully saturated rings. The number of hydrogen-bond donors (Lipinski definition) is 2. The number of halogens is 2. The molecule has 0 saturated heterocycles. The van der Waals surface area contributed by atoms with E-state index in [-0.39, 0.29) is 36.0 Å². The Balaban J connectivity index is 1.74. The third-order valence-electron chi connectivity index (χ3n) is 4.09. The van der Waals surface area contributed by atoms with Crippen molar-refractivity contribution in [2.45, 2.75) is 19.8 Å². The minimum Gasteiger partial charge on any atom is -0.493 e. The maximum atomic E-state index is 13.7. The average Bonchev–Trinajstić information content (AvgIpc) is 2.70. The summed E-state index contributed by atoms with van der Waals surface area (Å²) >= 11 is 5.85. The molecule has 0 unspecified atom stereocenters. The van der Waals surface area contributed by atoms with Crippen molar-refractivity contribution in [1.29, 1.82) is 0 Å². The minimum absolute atomic E-state index is 0.0392. The van der Waals surface area contributed by atoms with Crippen molar-refractivity contribution in [1.82, 2.24) is 10.6 Å². The van der Waals surface area contributed by atoms with E-state index in [2.05, 4.69) is 10.6 Å². The molecule has 0 saturated carbocycles. The second-order valence-electron chi connectivity index (χ2n) is 6.12. The van der Waals surface area contributed by atoms with Gasteiger partial charge in [0.05, 0.1) is 24.3 Å². The van der Waals surface area contributed by atoms with Crippen molar-refractivity contribution >= 4 is 23.4 Å². The van der Waals surface area contributed by atoms with Gasteiger partial charge in [-0.3, -0.25) is 9.59 Å². The minimum atomic E-state index is -0.690. The highest BCUT2D eigenvalue weighted by Gasteiger charge is 2.15. The monoisotopic (exact) mass is 422 g/mol. The number of aryl methyl sites for hydroxylation is 1. The van der Waals surface area contributed by atoms with Gasteiger partial charge in [0.2, 0.25) is 5.91 Å². The summed E-state index contributed by atoms with van der Waals surface area (Å²) in [5.74, 6) is -0.183. The number of carbonyl (C=O) groups is 2. The van der Waals surface area contributed by atoms with Crippen LogP contribution in [0.25, 0.3) is 0 Å². The molecule has 2 aromatic rings. The maximum Gasteiger partial charge on any atom is 0.255 e. The van der Waals surface area contributed by atoms with Gasteiger partial charge in [0.15, 0.2) is 11.5 Å². The van der Waals surface area contributed by atoms with Crippen LogP contribution in [0, 0.1) is 5.82 Å². The lowest BCUT2D eigenvalue weighted by atomic mass is 10.1. The molecule has 0 radical (unpaired) electrons. The lowest BCUT2D eigenvalue weighted by Crippen LogP contribution is -2.35. The fourth-order valence-corrected chi connectivity index (χ4v) is 2.92. The molecule has 2 aromatic carbocycles. The Bertz CT molecular complexity index is 840. The van der Waals surface area contributed by atoms with Crippen LogP contribution in [0.15, 0.2) is 36.4 Å². The first-order chi connectivity index (χ1) is 14.0. The normalized spacial score (nSPS) is 10.3. The van der Waals surface area contributed by atoms with Gasteiger partial charge in [-0.05, 0) is 43.2 Å². The van der Waals surface area contributed by atoms with Crippen LogP contribution in [0.2, 0.25) is 5.02 Å². The largest absolute Gasteiger partial charge is 0.493 e. The molecule has 0 aromatic heterocycles. The SMILES string of the molecule is CCOc1ccc(CCC(=O)NCCNC(=O)c2c(F)cccc2Cl)cc1OC. The van der Waals surface area contributed by atoms with E-state index >= 15 is 0 Å². The van der Waals surface area contributed by atoms with Gasteiger partial charge >= 0.3 is 0 Å². The first-order valence-electron chi connectivity index (χ1n) is 9.24. The molecule has 0 aliphatic rings. The molecular formula is C21H24ClFN2O4. The van der Waals surface area contributed by atoms with E-state index in [1.54, 1.807) is 7.11 Å². The van der Waals surface area contributed by atoms with Crippen LogP contribution in [-0.2, 0) is 11.2 Å². The number of nitrogens with one attached hydrogen (secondary N) is 2. The van der Waals surface area contributed by atoms with Crippen LogP contribution in [0.1, 0.15) is 29.3 Å².